The lowest BCUT2D eigenvalue weighted by molar-refractivity contribution is 0.0254. The van der Waals surface area contributed by atoms with Gasteiger partial charge in [0.15, 0.2) is 0 Å². The fourth-order valence-corrected chi connectivity index (χ4v) is 3.80. The molecule has 30 heavy (non-hydrogen) atoms. The molecule has 2 aliphatic heterocycles. The van der Waals surface area contributed by atoms with Crippen molar-refractivity contribution in [3.05, 3.63) is 0 Å². The predicted octanol–water partition coefficient (Wildman–Crippen LogP) is 2.85. The average Bonchev–Trinajstić information content (AvgIpc) is 2.66. The summed E-state index contributed by atoms with van der Waals surface area (Å²) in [6.07, 6.45) is 4.83. The van der Waals surface area contributed by atoms with E-state index < -0.39 is 0 Å². The van der Waals surface area contributed by atoms with Crippen molar-refractivity contribution < 1.29 is 19.1 Å². The highest BCUT2D eigenvalue weighted by molar-refractivity contribution is 5.86. The fraction of sp³-hybridized carbons (Fsp3) is 0.889. The Kier molecular flexibility index (Phi) is 18.2. The molecule has 0 unspecified atom stereocenters. The molecule has 0 spiro atoms. The molecule has 3 rings (SSSR count). The Balaban J connectivity index is 0. The summed E-state index contributed by atoms with van der Waals surface area (Å²) in [5.74, 6) is 0. The first-order valence-corrected chi connectivity index (χ1v) is 10.0. The summed E-state index contributed by atoms with van der Waals surface area (Å²) >= 11 is 0. The Bertz CT molecular complexity index is 431. The first-order valence-electron chi connectivity index (χ1n) is 10.0. The molecule has 2 amide bonds. The van der Waals surface area contributed by atoms with E-state index in [2.05, 4.69) is 10.6 Å². The molecule has 0 radical (unpaired) electrons. The zero-order chi connectivity index (χ0) is 18.2. The molecule has 8 nitrogen and oxygen atoms in total. The number of carbonyl (C=O) groups excluding carboxylic acids is 2. The number of nitrogens with zero attached hydrogens (tertiary/aromatic N) is 2. The minimum atomic E-state index is -0.182. The Morgan fingerprint density at radius 1 is 0.600 bits per heavy atom. The van der Waals surface area contributed by atoms with Gasteiger partial charge in [-0.05, 0) is 38.5 Å². The van der Waals surface area contributed by atoms with E-state index in [-0.39, 0.29) is 74.0 Å². The van der Waals surface area contributed by atoms with Gasteiger partial charge in [0.2, 0.25) is 0 Å². The van der Waals surface area contributed by atoms with Crippen LogP contribution in [0.3, 0.4) is 0 Å². The van der Waals surface area contributed by atoms with Crippen LogP contribution < -0.4 is 10.6 Å². The molecule has 2 N–H and O–H groups in total. The van der Waals surface area contributed by atoms with Gasteiger partial charge < -0.3 is 29.9 Å². The van der Waals surface area contributed by atoms with Crippen LogP contribution in [0.5, 0.6) is 0 Å². The number of halogens is 4. The lowest BCUT2D eigenvalue weighted by atomic mass is 9.96. The summed E-state index contributed by atoms with van der Waals surface area (Å²) in [6.45, 7) is 6.20. The zero-order valence-corrected chi connectivity index (χ0v) is 20.5. The Hall–Kier alpha value is -0.380. The molecule has 12 heteroatoms. The van der Waals surface area contributed by atoms with E-state index in [1.807, 2.05) is 0 Å². The van der Waals surface area contributed by atoms with Gasteiger partial charge in [0, 0.05) is 52.4 Å². The fourth-order valence-electron chi connectivity index (χ4n) is 3.80. The highest BCUT2D eigenvalue weighted by Gasteiger charge is 2.26. The van der Waals surface area contributed by atoms with Crippen LogP contribution >= 0.6 is 49.6 Å². The summed E-state index contributed by atoms with van der Waals surface area (Å²) in [6, 6.07) is 0. The number of hydrogen-bond donors (Lipinski definition) is 2. The number of rotatable bonds is 2. The molecule has 3 aliphatic rings. The van der Waals surface area contributed by atoms with Crippen molar-refractivity contribution in [2.45, 2.75) is 50.7 Å². The third-order valence-electron chi connectivity index (χ3n) is 5.39. The van der Waals surface area contributed by atoms with Gasteiger partial charge in [-0.1, -0.05) is 0 Å². The van der Waals surface area contributed by atoms with E-state index in [0.29, 0.717) is 0 Å². The van der Waals surface area contributed by atoms with Crippen molar-refractivity contribution in [3.8, 4) is 0 Å². The van der Waals surface area contributed by atoms with Gasteiger partial charge in [0.05, 0.1) is 0 Å². The molecule has 0 aromatic heterocycles. The largest absolute Gasteiger partial charge is 0.446 e. The second-order valence-corrected chi connectivity index (χ2v) is 7.35. The van der Waals surface area contributed by atoms with Gasteiger partial charge in [0.1, 0.15) is 12.2 Å². The van der Waals surface area contributed by atoms with E-state index in [9.17, 15) is 9.59 Å². The highest BCUT2D eigenvalue weighted by Crippen LogP contribution is 2.23. The second-order valence-electron chi connectivity index (χ2n) is 7.35. The topological polar surface area (TPSA) is 83.1 Å². The number of amides is 2. The molecular weight excluding hydrogens is 478 g/mol. The summed E-state index contributed by atoms with van der Waals surface area (Å²) in [7, 11) is 0. The summed E-state index contributed by atoms with van der Waals surface area (Å²) < 4.78 is 11.4. The maximum atomic E-state index is 12.2. The molecule has 0 bridgehead atoms. The number of carbonyl (C=O) groups is 2. The van der Waals surface area contributed by atoms with Gasteiger partial charge in [0.25, 0.3) is 0 Å². The highest BCUT2D eigenvalue weighted by atomic mass is 35.5. The van der Waals surface area contributed by atoms with Gasteiger partial charge in [-0.25, -0.2) is 9.59 Å². The van der Waals surface area contributed by atoms with Crippen LogP contribution in [0.4, 0.5) is 9.59 Å². The lowest BCUT2D eigenvalue weighted by Gasteiger charge is -2.31. The Morgan fingerprint density at radius 2 is 0.900 bits per heavy atom. The van der Waals surface area contributed by atoms with Crippen molar-refractivity contribution in [2.24, 2.45) is 0 Å². The van der Waals surface area contributed by atoms with Gasteiger partial charge in [-0.3, -0.25) is 0 Å². The van der Waals surface area contributed by atoms with Crippen molar-refractivity contribution in [1.82, 2.24) is 20.4 Å². The second kappa shape index (κ2) is 17.2. The maximum Gasteiger partial charge on any atom is 0.410 e. The van der Waals surface area contributed by atoms with Crippen LogP contribution in [0.25, 0.3) is 0 Å². The lowest BCUT2D eigenvalue weighted by Crippen LogP contribution is -2.47. The zero-order valence-electron chi connectivity index (χ0n) is 17.2. The first kappa shape index (κ1) is 31.8. The van der Waals surface area contributed by atoms with Gasteiger partial charge in [-0.15, -0.1) is 49.6 Å². The number of ether oxygens (including phenoxy) is 2. The van der Waals surface area contributed by atoms with Crippen molar-refractivity contribution in [2.75, 3.05) is 52.4 Å². The summed E-state index contributed by atoms with van der Waals surface area (Å²) in [5, 5.41) is 6.48. The SMILES string of the molecule is Cl.Cl.Cl.Cl.O=C(OC1CCCC(OC(=O)N2CCNCC2)CCC1)N1CCNCC1. The maximum absolute atomic E-state index is 12.2. The predicted molar refractivity (Wildman–Crippen MR) is 126 cm³/mol. The van der Waals surface area contributed by atoms with Crippen molar-refractivity contribution >= 4 is 61.8 Å². The standard InChI is InChI=1S/C18H32N4O4.4ClH/c23-17(21-11-7-19-8-12-21)25-15-3-1-4-16(6-2-5-15)26-18(24)22-13-9-20-10-14-22;;;;/h15-16,19-20H,1-14H2;4*1H. The van der Waals surface area contributed by atoms with E-state index >= 15 is 0 Å². The normalized spacial score (nSPS) is 24.3. The quantitative estimate of drug-likeness (QED) is 0.590. The van der Waals surface area contributed by atoms with Crippen LogP contribution in [0.1, 0.15) is 38.5 Å². The Labute approximate surface area is 204 Å². The minimum absolute atomic E-state index is 0. The molecule has 180 valence electrons. The molecule has 0 atom stereocenters. The molecular formula is C18H36Cl4N4O4. The van der Waals surface area contributed by atoms with Crippen LogP contribution in [0, 0.1) is 0 Å². The van der Waals surface area contributed by atoms with Crippen molar-refractivity contribution in [3.63, 3.8) is 0 Å². The molecule has 0 aromatic rings. The van der Waals surface area contributed by atoms with Gasteiger partial charge >= 0.3 is 12.2 Å². The third kappa shape index (κ3) is 10.3. The molecule has 2 saturated heterocycles. The van der Waals surface area contributed by atoms with Crippen LogP contribution in [-0.4, -0.2) is 86.6 Å². The number of hydrogen-bond acceptors (Lipinski definition) is 6. The van der Waals surface area contributed by atoms with E-state index in [1.165, 1.54) is 0 Å². The Morgan fingerprint density at radius 3 is 1.20 bits per heavy atom. The summed E-state index contributed by atoms with van der Waals surface area (Å²) in [4.78, 5) is 28.1. The molecule has 2 heterocycles. The number of nitrogens with one attached hydrogen (secondary N) is 2. The first-order chi connectivity index (χ1) is 12.7. The number of piperazine rings is 2. The third-order valence-corrected chi connectivity index (χ3v) is 5.39. The molecule has 1 aliphatic carbocycles. The summed E-state index contributed by atoms with van der Waals surface area (Å²) in [5.41, 5.74) is 0. The van der Waals surface area contributed by atoms with Gasteiger partial charge in [-0.2, -0.15) is 0 Å². The van der Waals surface area contributed by atoms with Crippen LogP contribution in [0.15, 0.2) is 0 Å². The average molecular weight is 514 g/mol. The minimum Gasteiger partial charge on any atom is -0.446 e. The van der Waals surface area contributed by atoms with E-state index in [4.69, 9.17) is 9.47 Å². The monoisotopic (exact) mass is 512 g/mol. The molecule has 3 fully saturated rings. The molecule has 1 saturated carbocycles. The molecule has 0 aromatic carbocycles. The van der Waals surface area contributed by atoms with Crippen molar-refractivity contribution in [1.29, 1.82) is 0 Å². The van der Waals surface area contributed by atoms with Crippen LogP contribution in [-0.2, 0) is 9.47 Å². The van der Waals surface area contributed by atoms with E-state index in [0.717, 1.165) is 90.9 Å². The van der Waals surface area contributed by atoms with Crippen LogP contribution in [0.2, 0.25) is 0 Å². The van der Waals surface area contributed by atoms with E-state index in [1.54, 1.807) is 9.80 Å². The smallest absolute Gasteiger partial charge is 0.410 e.